The number of anilines is 1. The van der Waals surface area contributed by atoms with E-state index in [9.17, 15) is 0 Å². The molecule has 3 nitrogen and oxygen atoms in total. The normalized spacial score (nSPS) is 14.1. The number of hydrogen-bond acceptors (Lipinski definition) is 4. The summed E-state index contributed by atoms with van der Waals surface area (Å²) in [6.07, 6.45) is 0. The number of hydrogen-bond donors (Lipinski definition) is 1. The molecular weight excluding hydrogens is 150 g/mol. The van der Waals surface area contributed by atoms with Crippen molar-refractivity contribution in [2.75, 3.05) is 12.5 Å². The minimum absolute atomic E-state index is 0.311. The van der Waals surface area contributed by atoms with Gasteiger partial charge in [-0.15, -0.1) is 0 Å². The van der Waals surface area contributed by atoms with Crippen molar-refractivity contribution in [2.45, 2.75) is 6.92 Å². The maximum atomic E-state index is 5.66. The van der Waals surface area contributed by atoms with Gasteiger partial charge in [0.25, 0.3) is 0 Å². The molecule has 1 aliphatic rings. The number of ether oxygens (including phenoxy) is 2. The van der Waals surface area contributed by atoms with E-state index in [1.165, 1.54) is 11.3 Å². The van der Waals surface area contributed by atoms with Crippen LogP contribution in [0.25, 0.3) is 0 Å². The summed E-state index contributed by atoms with van der Waals surface area (Å²) < 4.78 is 10.2. The smallest absolute Gasteiger partial charge is 0.232 e. The third-order valence-corrected chi connectivity index (χ3v) is 2.46. The molecule has 1 aliphatic heterocycles. The lowest BCUT2D eigenvalue weighted by Gasteiger charge is -1.93. The molecule has 0 aromatic carbocycles. The molecule has 0 saturated heterocycles. The van der Waals surface area contributed by atoms with Crippen LogP contribution in [0, 0.1) is 6.92 Å². The van der Waals surface area contributed by atoms with Crippen LogP contribution in [0.15, 0.2) is 0 Å². The third kappa shape index (κ3) is 0.593. The van der Waals surface area contributed by atoms with Crippen LogP contribution in [0.1, 0.15) is 4.88 Å². The first kappa shape index (κ1) is 5.85. The van der Waals surface area contributed by atoms with Gasteiger partial charge in [0, 0.05) is 4.88 Å². The average Bonchev–Trinajstić information content (AvgIpc) is 2.41. The molecule has 0 bridgehead atoms. The van der Waals surface area contributed by atoms with E-state index in [0.717, 1.165) is 21.4 Å². The van der Waals surface area contributed by atoms with Gasteiger partial charge < -0.3 is 15.2 Å². The molecule has 0 unspecified atom stereocenters. The highest BCUT2D eigenvalue weighted by Gasteiger charge is 2.21. The number of fused-ring (bicyclic) bond motifs is 1. The van der Waals surface area contributed by atoms with E-state index in [2.05, 4.69) is 0 Å². The number of nitrogens with two attached hydrogens (primary N) is 1. The Morgan fingerprint density at radius 1 is 1.50 bits per heavy atom. The molecule has 0 saturated carbocycles. The molecule has 10 heavy (non-hydrogen) atoms. The van der Waals surface area contributed by atoms with Crippen LogP contribution in [-0.4, -0.2) is 6.79 Å². The molecule has 0 radical (unpaired) electrons. The van der Waals surface area contributed by atoms with Gasteiger partial charge in [0.2, 0.25) is 11.9 Å². The fourth-order valence-electron chi connectivity index (χ4n) is 0.884. The van der Waals surface area contributed by atoms with Gasteiger partial charge in [-0.1, -0.05) is 11.3 Å². The Morgan fingerprint density at radius 3 is 3.00 bits per heavy atom. The van der Waals surface area contributed by atoms with E-state index in [1.54, 1.807) is 0 Å². The summed E-state index contributed by atoms with van der Waals surface area (Å²) in [6, 6.07) is 0. The molecule has 2 rings (SSSR count). The Labute approximate surface area is 62.4 Å². The van der Waals surface area contributed by atoms with E-state index >= 15 is 0 Å². The molecule has 0 spiro atoms. The molecule has 1 aromatic rings. The molecule has 0 aliphatic carbocycles. The zero-order valence-electron chi connectivity index (χ0n) is 5.51. The van der Waals surface area contributed by atoms with E-state index < -0.39 is 0 Å². The summed E-state index contributed by atoms with van der Waals surface area (Å²) >= 11 is 1.53. The van der Waals surface area contributed by atoms with Crippen molar-refractivity contribution in [2.24, 2.45) is 0 Å². The molecule has 1 aromatic heterocycles. The molecule has 2 heterocycles. The van der Waals surface area contributed by atoms with Crippen LogP contribution in [0.2, 0.25) is 0 Å². The first-order valence-electron chi connectivity index (χ1n) is 2.93. The number of rotatable bonds is 0. The second-order valence-electron chi connectivity index (χ2n) is 2.10. The third-order valence-electron chi connectivity index (χ3n) is 1.45. The monoisotopic (exact) mass is 157 g/mol. The van der Waals surface area contributed by atoms with E-state index in [0.29, 0.717) is 6.79 Å². The van der Waals surface area contributed by atoms with Gasteiger partial charge in [-0.2, -0.15) is 0 Å². The molecule has 2 N–H and O–H groups in total. The second-order valence-corrected chi connectivity index (χ2v) is 3.28. The largest absolute Gasteiger partial charge is 0.450 e. The van der Waals surface area contributed by atoms with Crippen molar-refractivity contribution in [3.05, 3.63) is 4.88 Å². The van der Waals surface area contributed by atoms with Crippen molar-refractivity contribution in [3.63, 3.8) is 0 Å². The van der Waals surface area contributed by atoms with Crippen LogP contribution in [0.5, 0.6) is 10.8 Å². The summed E-state index contributed by atoms with van der Waals surface area (Å²) in [4.78, 5) is 1.06. The van der Waals surface area contributed by atoms with Gasteiger partial charge >= 0.3 is 0 Å². The van der Waals surface area contributed by atoms with E-state index in [-0.39, 0.29) is 0 Å². The lowest BCUT2D eigenvalue weighted by Crippen LogP contribution is -1.96. The van der Waals surface area contributed by atoms with Crippen molar-refractivity contribution >= 4 is 17.0 Å². The first-order valence-corrected chi connectivity index (χ1v) is 3.75. The van der Waals surface area contributed by atoms with Gasteiger partial charge in [0.05, 0.1) is 5.69 Å². The number of aryl methyl sites for hydroxylation is 1. The molecule has 0 atom stereocenters. The topological polar surface area (TPSA) is 44.5 Å². The van der Waals surface area contributed by atoms with Crippen LogP contribution in [0.3, 0.4) is 0 Å². The Bertz CT molecular complexity index is 269. The molecular formula is C6H7NO2S. The predicted octanol–water partition coefficient (Wildman–Crippen LogP) is 1.37. The standard InChI is InChI=1S/C6H7NO2S/c1-3-4(7)5-6(10-3)9-2-8-5/h2,7H2,1H3. The summed E-state index contributed by atoms with van der Waals surface area (Å²) in [6.45, 7) is 2.26. The predicted molar refractivity (Wildman–Crippen MR) is 39.6 cm³/mol. The molecule has 0 amide bonds. The van der Waals surface area contributed by atoms with Crippen LogP contribution in [0.4, 0.5) is 5.69 Å². The Hall–Kier alpha value is -0.900. The number of thiophene rings is 1. The summed E-state index contributed by atoms with van der Waals surface area (Å²) in [5.74, 6) is 0.725. The minimum atomic E-state index is 0.311. The summed E-state index contributed by atoms with van der Waals surface area (Å²) in [5.41, 5.74) is 6.38. The molecule has 54 valence electrons. The maximum Gasteiger partial charge on any atom is 0.232 e. The highest BCUT2D eigenvalue weighted by Crippen LogP contribution is 2.46. The highest BCUT2D eigenvalue weighted by atomic mass is 32.1. The lowest BCUT2D eigenvalue weighted by molar-refractivity contribution is 0.176. The van der Waals surface area contributed by atoms with Gasteiger partial charge in [-0.25, -0.2) is 0 Å². The van der Waals surface area contributed by atoms with E-state index in [4.69, 9.17) is 15.2 Å². The maximum absolute atomic E-state index is 5.66. The summed E-state index contributed by atoms with van der Waals surface area (Å²) in [7, 11) is 0. The zero-order valence-corrected chi connectivity index (χ0v) is 6.33. The fraction of sp³-hybridized carbons (Fsp3) is 0.333. The van der Waals surface area contributed by atoms with Crippen molar-refractivity contribution < 1.29 is 9.47 Å². The zero-order chi connectivity index (χ0) is 7.14. The van der Waals surface area contributed by atoms with Crippen LogP contribution < -0.4 is 15.2 Å². The average molecular weight is 157 g/mol. The van der Waals surface area contributed by atoms with Gasteiger partial charge in [-0.3, -0.25) is 0 Å². The molecule has 4 heteroatoms. The van der Waals surface area contributed by atoms with Crippen molar-refractivity contribution in [1.82, 2.24) is 0 Å². The van der Waals surface area contributed by atoms with Gasteiger partial charge in [-0.05, 0) is 6.92 Å². The molecule has 0 fully saturated rings. The Morgan fingerprint density at radius 2 is 2.30 bits per heavy atom. The quantitative estimate of drug-likeness (QED) is 0.618. The second kappa shape index (κ2) is 1.79. The first-order chi connectivity index (χ1) is 4.79. The van der Waals surface area contributed by atoms with Crippen molar-refractivity contribution in [3.8, 4) is 10.8 Å². The highest BCUT2D eigenvalue weighted by molar-refractivity contribution is 7.14. The fourth-order valence-corrected chi connectivity index (χ4v) is 1.73. The van der Waals surface area contributed by atoms with E-state index in [1.807, 2.05) is 6.92 Å². The van der Waals surface area contributed by atoms with Crippen molar-refractivity contribution in [1.29, 1.82) is 0 Å². The van der Waals surface area contributed by atoms with Gasteiger partial charge in [0.15, 0.2) is 5.75 Å². The SMILES string of the molecule is Cc1sc2c(c1N)OCO2. The minimum Gasteiger partial charge on any atom is -0.450 e. The van der Waals surface area contributed by atoms with Crippen LogP contribution >= 0.6 is 11.3 Å². The Kier molecular flexibility index (Phi) is 1.05. The van der Waals surface area contributed by atoms with Gasteiger partial charge in [0.1, 0.15) is 0 Å². The number of nitrogen functional groups attached to an aromatic ring is 1. The Balaban J connectivity index is 2.59. The van der Waals surface area contributed by atoms with Crippen LogP contribution in [-0.2, 0) is 0 Å². The lowest BCUT2D eigenvalue weighted by atomic mass is 10.4. The summed E-state index contributed by atoms with van der Waals surface area (Å²) in [5, 5.41) is 0.815.